The highest BCUT2D eigenvalue weighted by Gasteiger charge is 2.38. The molecule has 1 amide bonds. The molecule has 13 heteroatoms. The van der Waals surface area contributed by atoms with Gasteiger partial charge in [0.15, 0.2) is 5.82 Å². The summed E-state index contributed by atoms with van der Waals surface area (Å²) in [5, 5.41) is 2.60. The summed E-state index contributed by atoms with van der Waals surface area (Å²) in [6.07, 6.45) is 1.05. The van der Waals surface area contributed by atoms with Crippen molar-refractivity contribution in [2.45, 2.75) is 25.0 Å². The van der Waals surface area contributed by atoms with Crippen LogP contribution in [0, 0.1) is 5.82 Å². The quantitative estimate of drug-likeness (QED) is 0.371. The Balaban J connectivity index is 1.89. The van der Waals surface area contributed by atoms with E-state index in [0.717, 1.165) is 28.3 Å². The number of nitrogens with one attached hydrogen (secondary N) is 1. The van der Waals surface area contributed by atoms with Crippen LogP contribution in [0.1, 0.15) is 30.6 Å². The topological polar surface area (TPSA) is 115 Å². The van der Waals surface area contributed by atoms with Crippen LogP contribution in [0.2, 0.25) is 0 Å². The number of thioether (sulfide) groups is 1. The highest BCUT2D eigenvalue weighted by atomic mass is 35.5. The molecule has 35 heavy (non-hydrogen) atoms. The molecule has 188 valence electrons. The van der Waals surface area contributed by atoms with E-state index < -0.39 is 32.4 Å². The minimum Gasteiger partial charge on any atom is -0.476 e. The van der Waals surface area contributed by atoms with E-state index in [1.54, 1.807) is 26.0 Å². The van der Waals surface area contributed by atoms with Crippen LogP contribution in [-0.4, -0.2) is 50.2 Å². The molecule has 1 atom stereocenters. The van der Waals surface area contributed by atoms with Crippen molar-refractivity contribution in [3.63, 3.8) is 0 Å². The normalized spacial score (nSPS) is 15.6. The molecule has 3 rings (SSSR count). The van der Waals surface area contributed by atoms with E-state index in [1.807, 2.05) is 0 Å². The first-order chi connectivity index (χ1) is 16.6. The number of pyridine rings is 1. The Morgan fingerprint density at radius 3 is 2.69 bits per heavy atom. The maximum absolute atomic E-state index is 14.3. The molecule has 0 fully saturated rings. The third kappa shape index (κ3) is 6.06. The van der Waals surface area contributed by atoms with Crippen molar-refractivity contribution in [2.75, 3.05) is 29.9 Å². The fraction of sp³-hybridized carbons (Fsp3) is 0.318. The second kappa shape index (κ2) is 11.3. The maximum Gasteiger partial charge on any atom is 0.338 e. The van der Waals surface area contributed by atoms with Crippen LogP contribution in [0.3, 0.4) is 0 Å². The monoisotopic (exact) mass is 543 g/mol. The van der Waals surface area contributed by atoms with Gasteiger partial charge in [0.05, 0.1) is 45.2 Å². The number of carbonyl (C=O) groups excluding carboxylic acids is 2. The van der Waals surface area contributed by atoms with Crippen LogP contribution in [-0.2, 0) is 19.6 Å². The lowest BCUT2D eigenvalue weighted by atomic mass is 10.2. The van der Waals surface area contributed by atoms with Gasteiger partial charge in [-0.25, -0.2) is 22.6 Å². The molecule has 1 aromatic heterocycles. The Bertz CT molecular complexity index is 1270. The van der Waals surface area contributed by atoms with Gasteiger partial charge >= 0.3 is 5.97 Å². The lowest BCUT2D eigenvalue weighted by molar-refractivity contribution is -0.112. The molecule has 1 N–H and O–H groups in total. The molecule has 1 unspecified atom stereocenters. The van der Waals surface area contributed by atoms with Gasteiger partial charge in [-0.15, -0.1) is 11.6 Å². The number of allylic oxidation sites excluding steroid dienone is 1. The molecule has 9 nitrogen and oxygen atoms in total. The minimum atomic E-state index is -4.26. The van der Waals surface area contributed by atoms with Gasteiger partial charge in [-0.3, -0.25) is 9.10 Å². The SMILES string of the molecule is CCOC(=O)c1cccc(NC(=O)C2=C(S(=O)(=O)N(C)c3cnc(OCC)c(F)c3)CC(Cl)S2)c1. The van der Waals surface area contributed by atoms with E-state index in [0.29, 0.717) is 0 Å². The Morgan fingerprint density at radius 2 is 2.03 bits per heavy atom. The fourth-order valence-corrected chi connectivity index (χ4v) is 6.51. The zero-order valence-electron chi connectivity index (χ0n) is 19.1. The number of benzene rings is 1. The summed E-state index contributed by atoms with van der Waals surface area (Å²) >= 11 is 7.09. The molecular weight excluding hydrogens is 521 g/mol. The highest BCUT2D eigenvalue weighted by molar-refractivity contribution is 8.07. The number of esters is 1. The zero-order valence-corrected chi connectivity index (χ0v) is 21.5. The van der Waals surface area contributed by atoms with Crippen molar-refractivity contribution in [1.82, 2.24) is 4.98 Å². The summed E-state index contributed by atoms with van der Waals surface area (Å²) in [6, 6.07) is 7.04. The van der Waals surface area contributed by atoms with Gasteiger partial charge in [-0.2, -0.15) is 0 Å². The Labute approximate surface area is 211 Å². The second-order valence-electron chi connectivity index (χ2n) is 7.13. The van der Waals surface area contributed by atoms with Gasteiger partial charge in [-0.05, 0) is 32.0 Å². The van der Waals surface area contributed by atoms with Gasteiger partial charge in [0.1, 0.15) is 0 Å². The predicted octanol–water partition coefficient (Wildman–Crippen LogP) is 4.11. The van der Waals surface area contributed by atoms with Crippen LogP contribution < -0.4 is 14.4 Å². The number of halogens is 2. The molecule has 2 aromatic rings. The highest BCUT2D eigenvalue weighted by Crippen LogP contribution is 2.44. The van der Waals surface area contributed by atoms with Crippen LogP contribution in [0.5, 0.6) is 5.88 Å². The molecule has 0 aliphatic carbocycles. The number of aromatic nitrogens is 1. The Hall–Kier alpha value is -2.83. The summed E-state index contributed by atoms with van der Waals surface area (Å²) in [5.41, 5.74) is 0.448. The van der Waals surface area contributed by atoms with E-state index >= 15 is 0 Å². The minimum absolute atomic E-state index is 0.0524. The predicted molar refractivity (Wildman–Crippen MR) is 133 cm³/mol. The summed E-state index contributed by atoms with van der Waals surface area (Å²) in [4.78, 5) is 28.5. The van der Waals surface area contributed by atoms with Crippen LogP contribution in [0.4, 0.5) is 15.8 Å². The molecule has 2 heterocycles. The first-order valence-electron chi connectivity index (χ1n) is 10.5. The number of ether oxygens (including phenoxy) is 2. The first kappa shape index (κ1) is 26.8. The molecular formula is C22H23ClFN3O6S2. The fourth-order valence-electron chi connectivity index (χ4n) is 3.14. The second-order valence-corrected chi connectivity index (χ2v) is 11.1. The summed E-state index contributed by atoms with van der Waals surface area (Å²) in [5.74, 6) is -2.33. The molecule has 1 aliphatic heterocycles. The summed E-state index contributed by atoms with van der Waals surface area (Å²) in [6.45, 7) is 3.73. The number of sulfonamides is 1. The number of nitrogens with zero attached hydrogens (tertiary/aromatic N) is 2. The van der Waals surface area contributed by atoms with Gasteiger partial charge in [0, 0.05) is 25.2 Å². The standard InChI is InChI=1S/C22H23ClFN3O6S2/c1-4-32-21-16(24)10-15(12-25-21)27(3)35(30,31)17-11-18(23)34-19(17)20(28)26-14-8-6-7-13(9-14)22(29)33-5-2/h6-10,12,18H,4-5,11H2,1-3H3,(H,26,28). The van der Waals surface area contributed by atoms with E-state index in [-0.39, 0.29) is 52.3 Å². The van der Waals surface area contributed by atoms with Crippen molar-refractivity contribution in [2.24, 2.45) is 0 Å². The van der Waals surface area contributed by atoms with Crippen molar-refractivity contribution < 1.29 is 31.9 Å². The molecule has 0 bridgehead atoms. The molecule has 0 radical (unpaired) electrons. The van der Waals surface area contributed by atoms with Gasteiger partial charge in [-0.1, -0.05) is 17.8 Å². The van der Waals surface area contributed by atoms with Gasteiger partial charge < -0.3 is 14.8 Å². The molecule has 0 saturated heterocycles. The third-order valence-corrected chi connectivity index (χ3v) is 8.36. The van der Waals surface area contributed by atoms with Crippen LogP contribution >= 0.6 is 23.4 Å². The number of hydrogen-bond acceptors (Lipinski definition) is 8. The van der Waals surface area contributed by atoms with Crippen molar-refractivity contribution in [3.05, 3.63) is 57.7 Å². The Morgan fingerprint density at radius 1 is 1.29 bits per heavy atom. The first-order valence-corrected chi connectivity index (χ1v) is 13.2. The van der Waals surface area contributed by atoms with Gasteiger partial charge in [0.25, 0.3) is 15.9 Å². The zero-order chi connectivity index (χ0) is 25.8. The third-order valence-electron chi connectivity index (χ3n) is 4.79. The molecule has 0 saturated carbocycles. The van der Waals surface area contributed by atoms with Crippen LogP contribution in [0.15, 0.2) is 46.3 Å². The van der Waals surface area contributed by atoms with E-state index in [9.17, 15) is 22.4 Å². The smallest absolute Gasteiger partial charge is 0.338 e. The van der Waals surface area contributed by atoms with Crippen LogP contribution in [0.25, 0.3) is 0 Å². The molecule has 1 aliphatic rings. The number of alkyl halides is 1. The van der Waals surface area contributed by atoms with Crippen molar-refractivity contribution in [1.29, 1.82) is 0 Å². The average molecular weight is 544 g/mol. The number of hydrogen-bond donors (Lipinski definition) is 1. The number of carbonyl (C=O) groups is 2. The lowest BCUT2D eigenvalue weighted by Crippen LogP contribution is -2.29. The van der Waals surface area contributed by atoms with E-state index in [4.69, 9.17) is 21.1 Å². The number of amides is 1. The number of anilines is 2. The lowest BCUT2D eigenvalue weighted by Gasteiger charge is -2.21. The van der Waals surface area contributed by atoms with E-state index in [2.05, 4.69) is 10.3 Å². The Kier molecular flexibility index (Phi) is 8.62. The van der Waals surface area contributed by atoms with Crippen molar-refractivity contribution >= 4 is 56.6 Å². The maximum atomic E-state index is 14.3. The van der Waals surface area contributed by atoms with E-state index in [1.165, 1.54) is 19.2 Å². The number of rotatable bonds is 9. The van der Waals surface area contributed by atoms with Gasteiger partial charge in [0.2, 0.25) is 5.88 Å². The molecule has 1 aromatic carbocycles. The average Bonchev–Trinajstić information content (AvgIpc) is 3.23. The summed E-state index contributed by atoms with van der Waals surface area (Å²) in [7, 11) is -3.03. The summed E-state index contributed by atoms with van der Waals surface area (Å²) < 4.78 is 51.1. The van der Waals surface area contributed by atoms with Crippen molar-refractivity contribution in [3.8, 4) is 5.88 Å². The molecule has 0 spiro atoms. The largest absolute Gasteiger partial charge is 0.476 e.